The first-order chi connectivity index (χ1) is 12.2. The van der Waals surface area contributed by atoms with Gasteiger partial charge in [0.1, 0.15) is 0 Å². The molecule has 0 aromatic rings. The number of esters is 2. The molecule has 0 saturated carbocycles. The van der Waals surface area contributed by atoms with Crippen LogP contribution in [0.3, 0.4) is 0 Å². The summed E-state index contributed by atoms with van der Waals surface area (Å²) in [5.41, 5.74) is 0.464. The van der Waals surface area contributed by atoms with Gasteiger partial charge in [-0.25, -0.2) is 9.59 Å². The van der Waals surface area contributed by atoms with Crippen molar-refractivity contribution in [3.8, 4) is 0 Å². The number of hydrogen-bond donors (Lipinski definition) is 0. The predicted octanol–water partition coefficient (Wildman–Crippen LogP) is 6.42. The van der Waals surface area contributed by atoms with Crippen LogP contribution in [0, 0.1) is 0 Å². The van der Waals surface area contributed by atoms with Gasteiger partial charge in [-0.3, -0.25) is 0 Å². The Hall–Kier alpha value is -1.38. The standard InChI is InChI=1S/C22H36O3/c1-2-3-4-5-6-7-8-9-10-11-12-13-14-15-16-17-18-20-19-21(23)25-22(20)24/h16-17,19H,2-15,18H2,1H3/b17-16+. The Kier molecular flexibility index (Phi) is 12.9. The molecule has 142 valence electrons. The quantitative estimate of drug-likeness (QED) is 0.140. The molecular formula is C22H36O3. The van der Waals surface area contributed by atoms with Crippen molar-refractivity contribution in [1.82, 2.24) is 0 Å². The fourth-order valence-corrected chi connectivity index (χ4v) is 3.14. The molecule has 3 heteroatoms. The van der Waals surface area contributed by atoms with E-state index in [1.165, 1.54) is 89.5 Å². The molecule has 25 heavy (non-hydrogen) atoms. The number of allylic oxidation sites excluding steroid dienone is 2. The van der Waals surface area contributed by atoms with Crippen LogP contribution in [0.4, 0.5) is 0 Å². The van der Waals surface area contributed by atoms with Crippen LogP contribution in [0.1, 0.15) is 103 Å². The van der Waals surface area contributed by atoms with Gasteiger partial charge >= 0.3 is 11.9 Å². The normalized spacial score (nSPS) is 14.4. The molecule has 0 fully saturated rings. The van der Waals surface area contributed by atoms with Crippen molar-refractivity contribution in [2.75, 3.05) is 0 Å². The molecule has 3 nitrogen and oxygen atoms in total. The molecule has 0 bridgehead atoms. The van der Waals surface area contributed by atoms with E-state index in [2.05, 4.69) is 17.7 Å². The second-order valence-electron chi connectivity index (χ2n) is 7.08. The number of hydrogen-bond acceptors (Lipinski definition) is 3. The van der Waals surface area contributed by atoms with E-state index in [0.717, 1.165) is 6.42 Å². The topological polar surface area (TPSA) is 43.4 Å². The average molecular weight is 349 g/mol. The summed E-state index contributed by atoms with van der Waals surface area (Å²) in [5.74, 6) is -1.03. The van der Waals surface area contributed by atoms with Crippen molar-refractivity contribution in [3.05, 3.63) is 23.8 Å². The first kappa shape index (κ1) is 21.7. The van der Waals surface area contributed by atoms with Gasteiger partial charge in [-0.2, -0.15) is 0 Å². The van der Waals surface area contributed by atoms with E-state index in [0.29, 0.717) is 12.0 Å². The van der Waals surface area contributed by atoms with Crippen LogP contribution in [0.2, 0.25) is 0 Å². The molecule has 1 aliphatic rings. The van der Waals surface area contributed by atoms with Gasteiger partial charge in [-0.1, -0.05) is 96.1 Å². The molecule has 1 heterocycles. The maximum absolute atomic E-state index is 11.2. The van der Waals surface area contributed by atoms with Gasteiger partial charge in [0.25, 0.3) is 0 Å². The van der Waals surface area contributed by atoms with Gasteiger partial charge < -0.3 is 4.74 Å². The van der Waals surface area contributed by atoms with E-state index >= 15 is 0 Å². The maximum Gasteiger partial charge on any atom is 0.342 e. The fraction of sp³-hybridized carbons (Fsp3) is 0.727. The highest BCUT2D eigenvalue weighted by Gasteiger charge is 2.21. The van der Waals surface area contributed by atoms with Gasteiger partial charge in [-0.15, -0.1) is 0 Å². The predicted molar refractivity (Wildman–Crippen MR) is 103 cm³/mol. The lowest BCUT2D eigenvalue weighted by atomic mass is 10.0. The molecule has 0 unspecified atom stereocenters. The van der Waals surface area contributed by atoms with Crippen LogP contribution in [-0.2, 0) is 14.3 Å². The zero-order chi connectivity index (χ0) is 18.2. The fourth-order valence-electron chi connectivity index (χ4n) is 3.14. The monoisotopic (exact) mass is 348 g/mol. The van der Waals surface area contributed by atoms with E-state index in [4.69, 9.17) is 0 Å². The van der Waals surface area contributed by atoms with Crippen molar-refractivity contribution < 1.29 is 14.3 Å². The van der Waals surface area contributed by atoms with Gasteiger partial charge in [0.15, 0.2) is 0 Å². The number of ether oxygens (including phenoxy) is 1. The zero-order valence-corrected chi connectivity index (χ0v) is 16.1. The Morgan fingerprint density at radius 2 is 1.28 bits per heavy atom. The third-order valence-corrected chi connectivity index (χ3v) is 4.73. The summed E-state index contributed by atoms with van der Waals surface area (Å²) in [6.07, 6.45) is 24.7. The maximum atomic E-state index is 11.2. The summed E-state index contributed by atoms with van der Waals surface area (Å²) >= 11 is 0. The largest absolute Gasteiger partial charge is 0.386 e. The summed E-state index contributed by atoms with van der Waals surface area (Å²) in [4.78, 5) is 22.1. The Labute approximate surface area is 153 Å². The summed E-state index contributed by atoms with van der Waals surface area (Å²) in [6, 6.07) is 0. The summed E-state index contributed by atoms with van der Waals surface area (Å²) in [5, 5.41) is 0. The Balaban J connectivity index is 1.80. The Bertz CT molecular complexity index is 435. The second kappa shape index (κ2) is 14.9. The summed E-state index contributed by atoms with van der Waals surface area (Å²) < 4.78 is 4.45. The third-order valence-electron chi connectivity index (χ3n) is 4.73. The molecule has 1 aliphatic heterocycles. The van der Waals surface area contributed by atoms with Crippen LogP contribution in [0.25, 0.3) is 0 Å². The SMILES string of the molecule is CCCCCCCCCCCCCCC/C=C/CC1=CC(=O)OC1=O. The highest BCUT2D eigenvalue weighted by atomic mass is 16.6. The molecule has 0 radical (unpaired) electrons. The minimum absolute atomic E-state index is 0.464. The molecule has 0 amide bonds. The second-order valence-corrected chi connectivity index (χ2v) is 7.08. The summed E-state index contributed by atoms with van der Waals surface area (Å²) in [7, 11) is 0. The first-order valence-electron chi connectivity index (χ1n) is 10.4. The van der Waals surface area contributed by atoms with E-state index < -0.39 is 11.9 Å². The van der Waals surface area contributed by atoms with Crippen molar-refractivity contribution >= 4 is 11.9 Å². The molecule has 0 aromatic carbocycles. The van der Waals surface area contributed by atoms with Gasteiger partial charge in [0, 0.05) is 11.6 Å². The molecule has 0 N–H and O–H groups in total. The van der Waals surface area contributed by atoms with Crippen LogP contribution in [0.15, 0.2) is 23.8 Å². The van der Waals surface area contributed by atoms with E-state index in [9.17, 15) is 9.59 Å². The van der Waals surface area contributed by atoms with Gasteiger partial charge in [0.2, 0.25) is 0 Å². The van der Waals surface area contributed by atoms with Crippen LogP contribution in [-0.4, -0.2) is 11.9 Å². The van der Waals surface area contributed by atoms with Crippen molar-refractivity contribution in [3.63, 3.8) is 0 Å². The molecule has 0 spiro atoms. The zero-order valence-electron chi connectivity index (χ0n) is 16.1. The van der Waals surface area contributed by atoms with Crippen molar-refractivity contribution in [1.29, 1.82) is 0 Å². The lowest BCUT2D eigenvalue weighted by Crippen LogP contribution is -2.01. The molecule has 1 rings (SSSR count). The first-order valence-corrected chi connectivity index (χ1v) is 10.4. The molecule has 0 aromatic heterocycles. The van der Waals surface area contributed by atoms with Crippen molar-refractivity contribution in [2.45, 2.75) is 103 Å². The number of carbonyl (C=O) groups excluding carboxylic acids is 2. The van der Waals surface area contributed by atoms with Crippen LogP contribution in [0.5, 0.6) is 0 Å². The number of cyclic esters (lactones) is 2. The van der Waals surface area contributed by atoms with Crippen molar-refractivity contribution in [2.24, 2.45) is 0 Å². The minimum Gasteiger partial charge on any atom is -0.386 e. The molecule has 0 atom stereocenters. The smallest absolute Gasteiger partial charge is 0.342 e. The van der Waals surface area contributed by atoms with Gasteiger partial charge in [0.05, 0.1) is 0 Å². The Morgan fingerprint density at radius 3 is 1.76 bits per heavy atom. The van der Waals surface area contributed by atoms with Crippen LogP contribution >= 0.6 is 0 Å². The molecule has 0 aliphatic carbocycles. The number of rotatable bonds is 16. The average Bonchev–Trinajstić information content (AvgIpc) is 2.92. The van der Waals surface area contributed by atoms with E-state index in [1.807, 2.05) is 6.08 Å². The highest BCUT2D eigenvalue weighted by Crippen LogP contribution is 2.14. The lowest BCUT2D eigenvalue weighted by Gasteiger charge is -2.02. The van der Waals surface area contributed by atoms with E-state index in [1.54, 1.807) is 0 Å². The number of carbonyl (C=O) groups is 2. The van der Waals surface area contributed by atoms with E-state index in [-0.39, 0.29) is 0 Å². The number of unbranched alkanes of at least 4 members (excludes halogenated alkanes) is 13. The molecular weight excluding hydrogens is 312 g/mol. The minimum atomic E-state index is -0.537. The van der Waals surface area contributed by atoms with Crippen LogP contribution < -0.4 is 0 Å². The molecule has 0 saturated heterocycles. The van der Waals surface area contributed by atoms with Gasteiger partial charge in [-0.05, 0) is 19.3 Å². The third kappa shape index (κ3) is 11.7. The Morgan fingerprint density at radius 1 is 0.760 bits per heavy atom. The summed E-state index contributed by atoms with van der Waals surface area (Å²) in [6.45, 7) is 2.27. The lowest BCUT2D eigenvalue weighted by molar-refractivity contribution is -0.150. The highest BCUT2D eigenvalue weighted by molar-refractivity contribution is 6.08.